The van der Waals surface area contributed by atoms with Crippen LogP contribution in [0.5, 0.6) is 0 Å². The molecule has 1 fully saturated rings. The molecule has 1 aromatic rings. The van der Waals surface area contributed by atoms with Crippen molar-refractivity contribution in [3.8, 4) is 0 Å². The van der Waals surface area contributed by atoms with Crippen LogP contribution in [0.15, 0.2) is 30.3 Å². The minimum Gasteiger partial charge on any atom is -0.343 e. The molecule has 110 valence electrons. The van der Waals surface area contributed by atoms with Crippen molar-refractivity contribution in [3.05, 3.63) is 35.9 Å². The molecule has 0 saturated heterocycles. The molecule has 20 heavy (non-hydrogen) atoms. The number of hydrogen-bond donors (Lipinski definition) is 0. The fourth-order valence-electron chi connectivity index (χ4n) is 3.48. The van der Waals surface area contributed by atoms with E-state index in [0.29, 0.717) is 11.8 Å². The number of likely N-dealkylation sites (N-methyl/N-ethyl adjacent to an activating group) is 1. The van der Waals surface area contributed by atoms with Gasteiger partial charge in [-0.3, -0.25) is 4.79 Å². The first kappa shape index (κ1) is 15.1. The lowest BCUT2D eigenvalue weighted by Gasteiger charge is -2.33. The molecule has 1 atom stereocenters. The molecule has 0 bridgehead atoms. The van der Waals surface area contributed by atoms with Crippen molar-refractivity contribution in [2.75, 3.05) is 13.1 Å². The Hall–Kier alpha value is -1.31. The Labute approximate surface area is 123 Å². The highest BCUT2D eigenvalue weighted by Gasteiger charge is 2.32. The topological polar surface area (TPSA) is 20.3 Å². The van der Waals surface area contributed by atoms with Crippen LogP contribution < -0.4 is 0 Å². The van der Waals surface area contributed by atoms with Gasteiger partial charge in [0.15, 0.2) is 0 Å². The Kier molecular flexibility index (Phi) is 5.63. The summed E-state index contributed by atoms with van der Waals surface area (Å²) >= 11 is 0. The third kappa shape index (κ3) is 3.41. The lowest BCUT2D eigenvalue weighted by Crippen LogP contribution is -2.38. The lowest BCUT2D eigenvalue weighted by molar-refractivity contribution is -0.134. The molecule has 1 aliphatic carbocycles. The number of amides is 1. The summed E-state index contributed by atoms with van der Waals surface area (Å²) in [6.45, 7) is 5.77. The van der Waals surface area contributed by atoms with Crippen molar-refractivity contribution >= 4 is 5.91 Å². The molecule has 0 unspecified atom stereocenters. The predicted molar refractivity (Wildman–Crippen MR) is 83.7 cm³/mol. The first-order chi connectivity index (χ1) is 9.77. The van der Waals surface area contributed by atoms with E-state index in [2.05, 4.69) is 38.1 Å². The molecule has 0 radical (unpaired) electrons. The summed E-state index contributed by atoms with van der Waals surface area (Å²) in [6, 6.07) is 10.4. The quantitative estimate of drug-likeness (QED) is 0.786. The average molecular weight is 273 g/mol. The maximum absolute atomic E-state index is 12.9. The molecule has 1 amide bonds. The maximum Gasteiger partial charge on any atom is 0.230 e. The molecule has 2 nitrogen and oxygen atoms in total. The molecule has 2 heteroatoms. The molecular weight excluding hydrogens is 246 g/mol. The molecule has 0 N–H and O–H groups in total. The van der Waals surface area contributed by atoms with Gasteiger partial charge < -0.3 is 4.90 Å². The van der Waals surface area contributed by atoms with E-state index in [1.54, 1.807) is 0 Å². The molecule has 0 spiro atoms. The van der Waals surface area contributed by atoms with Gasteiger partial charge in [0.1, 0.15) is 0 Å². The molecule has 1 saturated carbocycles. The summed E-state index contributed by atoms with van der Waals surface area (Å²) in [4.78, 5) is 14.9. The van der Waals surface area contributed by atoms with E-state index in [1.165, 1.54) is 37.7 Å². The summed E-state index contributed by atoms with van der Waals surface area (Å²) in [7, 11) is 0. The van der Waals surface area contributed by atoms with Gasteiger partial charge in [-0.05, 0) is 38.2 Å². The van der Waals surface area contributed by atoms with Gasteiger partial charge in [0.05, 0.1) is 5.92 Å². The highest BCUT2D eigenvalue weighted by atomic mass is 16.2. The first-order valence-electron chi connectivity index (χ1n) is 8.11. The van der Waals surface area contributed by atoms with Crippen molar-refractivity contribution < 1.29 is 4.79 Å². The minimum atomic E-state index is 0.0661. The predicted octanol–water partition coefficient (Wildman–Crippen LogP) is 4.22. The van der Waals surface area contributed by atoms with Gasteiger partial charge in [-0.15, -0.1) is 0 Å². The molecule has 1 aliphatic rings. The zero-order chi connectivity index (χ0) is 14.4. The van der Waals surface area contributed by atoms with E-state index >= 15 is 0 Å². The number of rotatable bonds is 5. The van der Waals surface area contributed by atoms with Crippen molar-refractivity contribution in [2.45, 2.75) is 51.9 Å². The molecule has 0 aromatic heterocycles. The Morgan fingerprint density at radius 2 is 1.70 bits per heavy atom. The normalized spacial score (nSPS) is 17.7. The zero-order valence-electron chi connectivity index (χ0n) is 12.8. The van der Waals surface area contributed by atoms with Crippen LogP contribution in [0, 0.1) is 5.92 Å². The van der Waals surface area contributed by atoms with Crippen LogP contribution in [-0.2, 0) is 4.79 Å². The third-order valence-corrected chi connectivity index (χ3v) is 4.62. The van der Waals surface area contributed by atoms with Gasteiger partial charge >= 0.3 is 0 Å². The highest BCUT2D eigenvalue weighted by Crippen LogP contribution is 2.37. The SMILES string of the molecule is CCN(CC)C(=O)[C@@H](c1ccccc1)C1CCCCC1. The Bertz CT molecular complexity index is 405. The van der Waals surface area contributed by atoms with Crippen LogP contribution in [-0.4, -0.2) is 23.9 Å². The van der Waals surface area contributed by atoms with Crippen LogP contribution in [0.2, 0.25) is 0 Å². The summed E-state index contributed by atoms with van der Waals surface area (Å²) < 4.78 is 0. The van der Waals surface area contributed by atoms with Crippen molar-refractivity contribution in [2.24, 2.45) is 5.92 Å². The van der Waals surface area contributed by atoms with Crippen molar-refractivity contribution in [1.82, 2.24) is 4.90 Å². The second-order valence-corrected chi connectivity index (χ2v) is 5.80. The van der Waals surface area contributed by atoms with E-state index in [1.807, 2.05) is 11.0 Å². The van der Waals surface area contributed by atoms with Crippen LogP contribution >= 0.6 is 0 Å². The van der Waals surface area contributed by atoms with E-state index in [-0.39, 0.29) is 5.92 Å². The second-order valence-electron chi connectivity index (χ2n) is 5.80. The maximum atomic E-state index is 12.9. The van der Waals surface area contributed by atoms with E-state index in [4.69, 9.17) is 0 Å². The van der Waals surface area contributed by atoms with Crippen LogP contribution in [0.3, 0.4) is 0 Å². The second kappa shape index (κ2) is 7.47. The zero-order valence-corrected chi connectivity index (χ0v) is 12.8. The van der Waals surface area contributed by atoms with Crippen LogP contribution in [0.1, 0.15) is 57.4 Å². The Balaban J connectivity index is 2.26. The average Bonchev–Trinajstić information content (AvgIpc) is 2.51. The van der Waals surface area contributed by atoms with Gasteiger partial charge in [0.2, 0.25) is 5.91 Å². The minimum absolute atomic E-state index is 0.0661. The third-order valence-electron chi connectivity index (χ3n) is 4.62. The lowest BCUT2D eigenvalue weighted by atomic mass is 9.76. The fourth-order valence-corrected chi connectivity index (χ4v) is 3.48. The molecule has 2 rings (SSSR count). The van der Waals surface area contributed by atoms with Gasteiger partial charge in [-0.2, -0.15) is 0 Å². The van der Waals surface area contributed by atoms with E-state index < -0.39 is 0 Å². The molecule has 0 aliphatic heterocycles. The summed E-state index contributed by atoms with van der Waals surface area (Å²) in [5.74, 6) is 0.920. The smallest absolute Gasteiger partial charge is 0.230 e. The van der Waals surface area contributed by atoms with Crippen LogP contribution in [0.25, 0.3) is 0 Å². The molecule has 1 aromatic carbocycles. The standard InChI is InChI=1S/C18H27NO/c1-3-19(4-2)18(20)17(15-11-7-5-8-12-15)16-13-9-6-10-14-16/h5,7-8,11-12,16-17H,3-4,6,9-10,13-14H2,1-2H3/t17-/m0/s1. The van der Waals surface area contributed by atoms with Gasteiger partial charge in [0, 0.05) is 13.1 Å². The van der Waals surface area contributed by atoms with Gasteiger partial charge in [-0.1, -0.05) is 49.6 Å². The Morgan fingerprint density at radius 3 is 2.25 bits per heavy atom. The van der Waals surface area contributed by atoms with E-state index in [0.717, 1.165) is 13.1 Å². The van der Waals surface area contributed by atoms with Gasteiger partial charge in [0.25, 0.3) is 0 Å². The first-order valence-corrected chi connectivity index (χ1v) is 8.11. The number of hydrogen-bond acceptors (Lipinski definition) is 1. The number of carbonyl (C=O) groups excluding carboxylic acids is 1. The monoisotopic (exact) mass is 273 g/mol. The number of benzene rings is 1. The van der Waals surface area contributed by atoms with Crippen LogP contribution in [0.4, 0.5) is 0 Å². The molecule has 0 heterocycles. The highest BCUT2D eigenvalue weighted by molar-refractivity contribution is 5.84. The summed E-state index contributed by atoms with van der Waals surface area (Å²) in [6.07, 6.45) is 6.29. The summed E-state index contributed by atoms with van der Waals surface area (Å²) in [5, 5.41) is 0. The largest absolute Gasteiger partial charge is 0.343 e. The van der Waals surface area contributed by atoms with Crippen molar-refractivity contribution in [1.29, 1.82) is 0 Å². The number of carbonyl (C=O) groups is 1. The fraction of sp³-hybridized carbons (Fsp3) is 0.611. The van der Waals surface area contributed by atoms with E-state index in [9.17, 15) is 4.79 Å². The number of nitrogens with zero attached hydrogens (tertiary/aromatic N) is 1. The summed E-state index contributed by atoms with van der Waals surface area (Å²) in [5.41, 5.74) is 1.20. The Morgan fingerprint density at radius 1 is 1.10 bits per heavy atom. The van der Waals surface area contributed by atoms with Crippen molar-refractivity contribution in [3.63, 3.8) is 0 Å². The molecular formula is C18H27NO. The van der Waals surface area contributed by atoms with Gasteiger partial charge in [-0.25, -0.2) is 0 Å².